The van der Waals surface area contributed by atoms with Crippen molar-refractivity contribution in [3.8, 4) is 0 Å². The van der Waals surface area contributed by atoms with Gasteiger partial charge in [0.15, 0.2) is 0 Å². The Morgan fingerprint density at radius 3 is 2.94 bits per heavy atom. The quantitative estimate of drug-likeness (QED) is 0.852. The van der Waals surface area contributed by atoms with Crippen molar-refractivity contribution in [2.45, 2.75) is 31.7 Å². The van der Waals surface area contributed by atoms with Crippen LogP contribution < -0.4 is 10.6 Å². The zero-order valence-electron chi connectivity index (χ0n) is 10.6. The van der Waals surface area contributed by atoms with Gasteiger partial charge in [0.25, 0.3) is 0 Å². The lowest BCUT2D eigenvalue weighted by atomic mass is 9.99. The van der Waals surface area contributed by atoms with Crippen LogP contribution in [0.2, 0.25) is 0 Å². The Morgan fingerprint density at radius 1 is 1.50 bits per heavy atom. The molecule has 0 bridgehead atoms. The standard InChI is InChI=1S/C14H19FN2O/c1-14(8-4-9-17-14)13(18)16-10-7-11-5-2-3-6-12(11)15/h2-3,5-6,17H,4,7-10H2,1H3,(H,16,18). The first-order valence-corrected chi connectivity index (χ1v) is 6.38. The van der Waals surface area contributed by atoms with Gasteiger partial charge in [-0.3, -0.25) is 4.79 Å². The molecule has 0 radical (unpaired) electrons. The monoisotopic (exact) mass is 250 g/mol. The van der Waals surface area contributed by atoms with E-state index >= 15 is 0 Å². The molecule has 1 aromatic rings. The number of amides is 1. The summed E-state index contributed by atoms with van der Waals surface area (Å²) in [6.45, 7) is 3.27. The molecule has 0 aromatic heterocycles. The second-order valence-electron chi connectivity index (χ2n) is 4.96. The molecule has 1 atom stereocenters. The minimum absolute atomic E-state index is 0.0105. The highest BCUT2D eigenvalue weighted by molar-refractivity contribution is 5.86. The van der Waals surface area contributed by atoms with Crippen LogP contribution in [-0.4, -0.2) is 24.5 Å². The van der Waals surface area contributed by atoms with E-state index in [0.717, 1.165) is 19.4 Å². The number of hydrogen-bond donors (Lipinski definition) is 2. The van der Waals surface area contributed by atoms with Gasteiger partial charge in [-0.1, -0.05) is 18.2 Å². The van der Waals surface area contributed by atoms with Crippen LogP contribution >= 0.6 is 0 Å². The molecule has 1 fully saturated rings. The van der Waals surface area contributed by atoms with Crippen molar-refractivity contribution in [2.24, 2.45) is 0 Å². The number of nitrogens with one attached hydrogen (secondary N) is 2. The number of benzene rings is 1. The van der Waals surface area contributed by atoms with Gasteiger partial charge in [0, 0.05) is 6.54 Å². The maximum Gasteiger partial charge on any atom is 0.240 e. The third kappa shape index (κ3) is 2.88. The van der Waals surface area contributed by atoms with Crippen molar-refractivity contribution in [2.75, 3.05) is 13.1 Å². The Bertz CT molecular complexity index is 428. The van der Waals surface area contributed by atoms with Gasteiger partial charge >= 0.3 is 0 Å². The fourth-order valence-electron chi connectivity index (χ4n) is 2.30. The molecular formula is C14H19FN2O. The van der Waals surface area contributed by atoms with Crippen molar-refractivity contribution in [3.63, 3.8) is 0 Å². The van der Waals surface area contributed by atoms with Gasteiger partial charge in [0.05, 0.1) is 5.54 Å². The van der Waals surface area contributed by atoms with Crippen LogP contribution in [0.25, 0.3) is 0 Å². The van der Waals surface area contributed by atoms with Crippen LogP contribution in [0.15, 0.2) is 24.3 Å². The molecule has 0 saturated carbocycles. The maximum absolute atomic E-state index is 13.4. The SMILES string of the molecule is CC1(C(=O)NCCc2ccccc2F)CCCN1. The largest absolute Gasteiger partial charge is 0.354 e. The lowest BCUT2D eigenvalue weighted by molar-refractivity contribution is -0.126. The van der Waals surface area contributed by atoms with Gasteiger partial charge in [-0.15, -0.1) is 0 Å². The fourth-order valence-corrected chi connectivity index (χ4v) is 2.30. The van der Waals surface area contributed by atoms with Crippen LogP contribution in [0.1, 0.15) is 25.3 Å². The van der Waals surface area contributed by atoms with Gasteiger partial charge in [0.1, 0.15) is 5.82 Å². The van der Waals surface area contributed by atoms with Crippen LogP contribution in [0.5, 0.6) is 0 Å². The first kappa shape index (κ1) is 13.0. The summed E-state index contributed by atoms with van der Waals surface area (Å²) < 4.78 is 13.4. The molecule has 1 aromatic carbocycles. The van der Waals surface area contributed by atoms with Gasteiger partial charge < -0.3 is 10.6 Å². The Balaban J connectivity index is 1.82. The normalized spacial score (nSPS) is 23.0. The molecule has 98 valence electrons. The first-order chi connectivity index (χ1) is 8.62. The average Bonchev–Trinajstić information content (AvgIpc) is 2.80. The molecule has 1 amide bonds. The van der Waals surface area contributed by atoms with E-state index in [-0.39, 0.29) is 11.7 Å². The number of rotatable bonds is 4. The smallest absolute Gasteiger partial charge is 0.240 e. The van der Waals surface area contributed by atoms with E-state index in [0.29, 0.717) is 18.5 Å². The Kier molecular flexibility index (Phi) is 3.97. The first-order valence-electron chi connectivity index (χ1n) is 6.38. The molecule has 18 heavy (non-hydrogen) atoms. The molecule has 2 N–H and O–H groups in total. The lowest BCUT2D eigenvalue weighted by Crippen LogP contribution is -2.51. The van der Waals surface area contributed by atoms with E-state index in [1.807, 2.05) is 6.92 Å². The van der Waals surface area contributed by atoms with Crippen LogP contribution in [0.3, 0.4) is 0 Å². The summed E-state index contributed by atoms with van der Waals surface area (Å²) in [4.78, 5) is 12.0. The fraction of sp³-hybridized carbons (Fsp3) is 0.500. The van der Waals surface area contributed by atoms with E-state index in [4.69, 9.17) is 0 Å². The average molecular weight is 250 g/mol. The lowest BCUT2D eigenvalue weighted by Gasteiger charge is -2.23. The maximum atomic E-state index is 13.4. The molecule has 3 nitrogen and oxygen atoms in total. The molecule has 1 aliphatic rings. The van der Waals surface area contributed by atoms with Gasteiger partial charge in [-0.2, -0.15) is 0 Å². The van der Waals surface area contributed by atoms with E-state index in [1.165, 1.54) is 6.07 Å². The van der Waals surface area contributed by atoms with Crippen LogP contribution in [0, 0.1) is 5.82 Å². The summed E-state index contributed by atoms with van der Waals surface area (Å²) in [6, 6.07) is 6.66. The zero-order valence-corrected chi connectivity index (χ0v) is 10.6. The molecule has 0 aliphatic carbocycles. The van der Waals surface area contributed by atoms with E-state index in [2.05, 4.69) is 10.6 Å². The van der Waals surface area contributed by atoms with Crippen LogP contribution in [-0.2, 0) is 11.2 Å². The molecule has 4 heteroatoms. The van der Waals surface area contributed by atoms with Gasteiger partial charge in [-0.05, 0) is 44.4 Å². The highest BCUT2D eigenvalue weighted by atomic mass is 19.1. The second-order valence-corrected chi connectivity index (χ2v) is 4.96. The summed E-state index contributed by atoms with van der Waals surface area (Å²) in [5, 5.41) is 6.08. The highest BCUT2D eigenvalue weighted by Crippen LogP contribution is 2.18. The Labute approximate surface area is 107 Å². The zero-order chi connectivity index (χ0) is 13.0. The Morgan fingerprint density at radius 2 is 2.28 bits per heavy atom. The summed E-state index contributed by atoms with van der Waals surface area (Å²) >= 11 is 0. The molecule has 1 unspecified atom stereocenters. The molecule has 2 rings (SSSR count). The summed E-state index contributed by atoms with van der Waals surface area (Å²) in [5.74, 6) is -0.201. The highest BCUT2D eigenvalue weighted by Gasteiger charge is 2.35. The number of carbonyl (C=O) groups excluding carboxylic acids is 1. The number of halogens is 1. The minimum atomic E-state index is -0.449. The second kappa shape index (κ2) is 5.48. The topological polar surface area (TPSA) is 41.1 Å². The van der Waals surface area contributed by atoms with Crippen molar-refractivity contribution < 1.29 is 9.18 Å². The van der Waals surface area contributed by atoms with Crippen LogP contribution in [0.4, 0.5) is 4.39 Å². The van der Waals surface area contributed by atoms with Gasteiger partial charge in [0.2, 0.25) is 5.91 Å². The molecule has 0 spiro atoms. The van der Waals surface area contributed by atoms with E-state index in [1.54, 1.807) is 18.2 Å². The van der Waals surface area contributed by atoms with Crippen molar-refractivity contribution >= 4 is 5.91 Å². The molecular weight excluding hydrogens is 231 g/mol. The predicted octanol–water partition coefficient (Wildman–Crippen LogP) is 1.63. The molecule has 1 saturated heterocycles. The van der Waals surface area contributed by atoms with Crippen molar-refractivity contribution in [1.82, 2.24) is 10.6 Å². The summed E-state index contributed by atoms with van der Waals surface area (Å²) in [5.41, 5.74) is 0.192. The van der Waals surface area contributed by atoms with Gasteiger partial charge in [-0.25, -0.2) is 4.39 Å². The summed E-state index contributed by atoms with van der Waals surface area (Å²) in [7, 11) is 0. The van der Waals surface area contributed by atoms with E-state index < -0.39 is 5.54 Å². The predicted molar refractivity (Wildman–Crippen MR) is 68.8 cm³/mol. The van der Waals surface area contributed by atoms with Crippen molar-refractivity contribution in [3.05, 3.63) is 35.6 Å². The number of hydrogen-bond acceptors (Lipinski definition) is 2. The van der Waals surface area contributed by atoms with Crippen molar-refractivity contribution in [1.29, 1.82) is 0 Å². The summed E-state index contributed by atoms with van der Waals surface area (Å²) in [6.07, 6.45) is 2.41. The third-order valence-corrected chi connectivity index (χ3v) is 3.51. The minimum Gasteiger partial charge on any atom is -0.354 e. The van der Waals surface area contributed by atoms with E-state index in [9.17, 15) is 9.18 Å². The Hall–Kier alpha value is -1.42. The molecule has 1 aliphatic heterocycles. The third-order valence-electron chi connectivity index (χ3n) is 3.51. The number of carbonyl (C=O) groups is 1. The molecule has 1 heterocycles.